The molecule has 0 bridgehead atoms. The number of aromatic nitrogens is 3. The molecule has 13 heteroatoms. The van der Waals surface area contributed by atoms with Crippen molar-refractivity contribution in [1.82, 2.24) is 24.6 Å². The van der Waals surface area contributed by atoms with Gasteiger partial charge in [-0.15, -0.1) is 0 Å². The van der Waals surface area contributed by atoms with Crippen LogP contribution in [0.1, 0.15) is 46.8 Å². The maximum Gasteiger partial charge on any atom is 0.270 e. The number of amides is 1. The summed E-state index contributed by atoms with van der Waals surface area (Å²) in [5, 5.41) is 4.43. The molecule has 2 fully saturated rings. The smallest absolute Gasteiger partial charge is 0.270 e. The lowest BCUT2D eigenvalue weighted by Gasteiger charge is -2.33. The Kier molecular flexibility index (Phi) is 8.42. The van der Waals surface area contributed by atoms with Crippen LogP contribution >= 0.6 is 0 Å². The van der Waals surface area contributed by atoms with Crippen molar-refractivity contribution in [3.63, 3.8) is 0 Å². The molecule has 2 atom stereocenters. The summed E-state index contributed by atoms with van der Waals surface area (Å²) >= 11 is 0. The molecule has 0 spiro atoms. The second-order valence-corrected chi connectivity index (χ2v) is 14.1. The molecule has 0 saturated carbocycles. The first-order valence-corrected chi connectivity index (χ1v) is 16.7. The quantitative estimate of drug-likeness (QED) is 0.324. The van der Waals surface area contributed by atoms with Gasteiger partial charge in [0.05, 0.1) is 35.1 Å². The zero-order valence-electron chi connectivity index (χ0n) is 24.6. The van der Waals surface area contributed by atoms with Gasteiger partial charge in [-0.1, -0.05) is 18.2 Å². The van der Waals surface area contributed by atoms with Crippen LogP contribution in [0.3, 0.4) is 0 Å². The number of halogens is 4. The molecule has 6 rings (SSSR count). The molecule has 8 nitrogen and oxygen atoms in total. The summed E-state index contributed by atoms with van der Waals surface area (Å²) < 4.78 is 82.8. The van der Waals surface area contributed by atoms with Gasteiger partial charge in [0.15, 0.2) is 15.7 Å². The first-order chi connectivity index (χ1) is 21.4. The molecule has 1 unspecified atom stereocenters. The fourth-order valence-electron chi connectivity index (χ4n) is 6.55. The number of alkyl halides is 2. The third kappa shape index (κ3) is 6.60. The van der Waals surface area contributed by atoms with Crippen LogP contribution in [0.2, 0.25) is 0 Å². The van der Waals surface area contributed by atoms with E-state index >= 15 is 8.78 Å². The Morgan fingerprint density at radius 3 is 2.40 bits per heavy atom. The van der Waals surface area contributed by atoms with E-state index in [1.165, 1.54) is 47.5 Å². The molecular weight excluding hydrogens is 610 g/mol. The molecule has 2 saturated heterocycles. The predicted molar refractivity (Wildman–Crippen MR) is 159 cm³/mol. The van der Waals surface area contributed by atoms with Gasteiger partial charge in [-0.25, -0.2) is 35.6 Å². The van der Waals surface area contributed by atoms with E-state index in [4.69, 9.17) is 0 Å². The molecule has 3 aromatic rings. The van der Waals surface area contributed by atoms with Crippen molar-refractivity contribution in [3.8, 4) is 5.82 Å². The van der Waals surface area contributed by atoms with Crippen molar-refractivity contribution < 1.29 is 30.8 Å². The maximum absolute atomic E-state index is 15.2. The number of hydrogen-bond donors (Lipinski definition) is 0. The van der Waals surface area contributed by atoms with Crippen LogP contribution < -0.4 is 0 Å². The fraction of sp³-hybridized carbons (Fsp3) is 0.406. The summed E-state index contributed by atoms with van der Waals surface area (Å²) in [5.41, 5.74) is 1.72. The standard InChI is InChI=1S/C32H33F4N5O3S/c1-45(43,44)26-9-2-21(3-10-26)18-39-14-12-23(13-15-39)30-27(17-38-41(30)29-11-8-25(34)16-37-29)31(42)40-19-28(32(35,36)20-40)22-4-6-24(33)7-5-22/h2-4,6-11,16-17,22-23,28H,5,12-15,18-20H2,1H3/t22?,28-/m0/s1. The highest BCUT2D eigenvalue weighted by atomic mass is 32.2. The Labute approximate surface area is 259 Å². The van der Waals surface area contributed by atoms with E-state index in [1.54, 1.807) is 24.3 Å². The molecule has 0 radical (unpaired) electrons. The summed E-state index contributed by atoms with van der Waals surface area (Å²) in [5.74, 6) is -6.27. The van der Waals surface area contributed by atoms with E-state index in [1.807, 2.05) is 0 Å². The molecule has 2 aromatic heterocycles. The first-order valence-electron chi connectivity index (χ1n) is 14.8. The highest BCUT2D eigenvalue weighted by Crippen LogP contribution is 2.42. The van der Waals surface area contributed by atoms with Crippen LogP contribution in [0, 0.1) is 17.7 Å². The lowest BCUT2D eigenvalue weighted by molar-refractivity contribution is -0.0391. The van der Waals surface area contributed by atoms with Crippen molar-refractivity contribution in [1.29, 1.82) is 0 Å². The number of likely N-dealkylation sites (tertiary alicyclic amines) is 2. The van der Waals surface area contributed by atoms with Gasteiger partial charge in [0.2, 0.25) is 0 Å². The fourth-order valence-corrected chi connectivity index (χ4v) is 7.18. The Bertz CT molecular complexity index is 1730. The number of benzene rings is 1. The Morgan fingerprint density at radius 1 is 1.04 bits per heavy atom. The van der Waals surface area contributed by atoms with Crippen molar-refractivity contribution >= 4 is 15.7 Å². The number of carbonyl (C=O) groups is 1. The van der Waals surface area contributed by atoms with Gasteiger partial charge in [0.1, 0.15) is 11.6 Å². The minimum Gasteiger partial charge on any atom is -0.332 e. The number of pyridine rings is 1. The van der Waals surface area contributed by atoms with Crippen molar-refractivity contribution in [2.24, 2.45) is 11.8 Å². The topological polar surface area (TPSA) is 88.4 Å². The summed E-state index contributed by atoms with van der Waals surface area (Å²) in [4.78, 5) is 21.7. The minimum absolute atomic E-state index is 0.143. The van der Waals surface area contributed by atoms with Gasteiger partial charge in [-0.3, -0.25) is 9.69 Å². The van der Waals surface area contributed by atoms with Crippen LogP contribution in [-0.2, 0) is 16.4 Å². The van der Waals surface area contributed by atoms with Crippen LogP contribution in [-0.4, -0.2) is 77.2 Å². The number of allylic oxidation sites excluding steroid dienone is 4. The molecule has 4 heterocycles. The molecule has 238 valence electrons. The average molecular weight is 644 g/mol. The molecule has 0 N–H and O–H groups in total. The first kappa shape index (κ1) is 31.2. The summed E-state index contributed by atoms with van der Waals surface area (Å²) in [7, 11) is -3.29. The number of hydrogen-bond acceptors (Lipinski definition) is 6. The monoisotopic (exact) mass is 643 g/mol. The van der Waals surface area contributed by atoms with Gasteiger partial charge >= 0.3 is 0 Å². The number of sulfone groups is 1. The number of rotatable bonds is 7. The molecule has 1 aromatic carbocycles. The number of nitrogens with zero attached hydrogens (tertiary/aromatic N) is 5. The lowest BCUT2D eigenvalue weighted by atomic mass is 9.84. The van der Waals surface area contributed by atoms with E-state index in [0.717, 1.165) is 16.7 Å². The molecule has 2 aliphatic heterocycles. The van der Waals surface area contributed by atoms with E-state index in [9.17, 15) is 22.0 Å². The van der Waals surface area contributed by atoms with E-state index in [-0.39, 0.29) is 29.3 Å². The van der Waals surface area contributed by atoms with Crippen LogP contribution in [0.25, 0.3) is 5.82 Å². The van der Waals surface area contributed by atoms with Gasteiger partial charge in [-0.05, 0) is 80.3 Å². The third-order valence-corrected chi connectivity index (χ3v) is 10.1. The highest BCUT2D eigenvalue weighted by Gasteiger charge is 2.52. The van der Waals surface area contributed by atoms with E-state index < -0.39 is 51.7 Å². The highest BCUT2D eigenvalue weighted by molar-refractivity contribution is 7.90. The SMILES string of the molecule is CS(=O)(=O)c1ccc(CN2CCC(c3c(C(=O)N4C[C@@H](C5C=CC(F)=CC5)C(F)(F)C4)cnn3-c3ccc(F)cn3)CC2)cc1. The number of piperidine rings is 1. The summed E-state index contributed by atoms with van der Waals surface area (Å²) in [6.07, 6.45) is 8.96. The molecule has 3 aliphatic rings. The summed E-state index contributed by atoms with van der Waals surface area (Å²) in [6, 6.07) is 9.48. The van der Waals surface area contributed by atoms with Gasteiger partial charge < -0.3 is 4.90 Å². The predicted octanol–water partition coefficient (Wildman–Crippen LogP) is 5.33. The average Bonchev–Trinajstić information content (AvgIpc) is 3.59. The summed E-state index contributed by atoms with van der Waals surface area (Å²) in [6.45, 7) is 1.02. The van der Waals surface area contributed by atoms with Crippen LogP contribution in [0.15, 0.2) is 77.7 Å². The van der Waals surface area contributed by atoms with Crippen LogP contribution in [0.4, 0.5) is 17.6 Å². The minimum atomic E-state index is -3.29. The second kappa shape index (κ2) is 12.2. The third-order valence-electron chi connectivity index (χ3n) is 8.95. The van der Waals surface area contributed by atoms with Gasteiger partial charge in [0.25, 0.3) is 11.8 Å². The number of carbonyl (C=O) groups excluding carboxylic acids is 1. The maximum atomic E-state index is 15.2. The molecular formula is C32H33F4N5O3S. The van der Waals surface area contributed by atoms with Crippen molar-refractivity contribution in [3.05, 3.63) is 95.5 Å². The van der Waals surface area contributed by atoms with Crippen LogP contribution in [0.5, 0.6) is 0 Å². The molecule has 1 aliphatic carbocycles. The van der Waals surface area contributed by atoms with Gasteiger partial charge in [-0.2, -0.15) is 5.10 Å². The Hall–Kier alpha value is -3.84. The largest absolute Gasteiger partial charge is 0.332 e. The Morgan fingerprint density at radius 2 is 1.78 bits per heavy atom. The lowest BCUT2D eigenvalue weighted by Crippen LogP contribution is -2.35. The Balaban J connectivity index is 1.22. The molecule has 45 heavy (non-hydrogen) atoms. The molecule has 1 amide bonds. The zero-order chi connectivity index (χ0) is 31.9. The second-order valence-electron chi connectivity index (χ2n) is 12.1. The normalized spacial score (nSPS) is 22.5. The van der Waals surface area contributed by atoms with Crippen molar-refractivity contribution in [2.75, 3.05) is 32.4 Å². The van der Waals surface area contributed by atoms with E-state index in [2.05, 4.69) is 15.0 Å². The van der Waals surface area contributed by atoms with Crippen molar-refractivity contribution in [2.45, 2.75) is 42.5 Å². The zero-order valence-corrected chi connectivity index (χ0v) is 25.4. The van der Waals surface area contributed by atoms with Gasteiger partial charge in [0, 0.05) is 31.2 Å². The van der Waals surface area contributed by atoms with E-state index in [0.29, 0.717) is 44.0 Å².